The Morgan fingerprint density at radius 1 is 1.13 bits per heavy atom. The number of sulfone groups is 1. The zero-order chi connectivity index (χ0) is 16.4. The molecule has 0 saturated heterocycles. The number of para-hydroxylation sites is 1. The molecule has 0 atom stereocenters. The molecule has 114 valence electrons. The minimum absolute atomic E-state index is 0.119. The van der Waals surface area contributed by atoms with Gasteiger partial charge in [-0.15, -0.1) is 0 Å². The van der Waals surface area contributed by atoms with Gasteiger partial charge in [0.15, 0.2) is 0 Å². The van der Waals surface area contributed by atoms with Crippen LogP contribution in [0.15, 0.2) is 64.5 Å². The number of nitrogens with zero attached hydrogens (tertiary/aromatic N) is 1. The maximum Gasteiger partial charge on any atom is 0.216 e. The van der Waals surface area contributed by atoms with E-state index in [4.69, 9.17) is 0 Å². The number of fused-ring (bicyclic) bond motifs is 1. The Morgan fingerprint density at radius 3 is 2.52 bits per heavy atom. The minimum atomic E-state index is -3.99. The van der Waals surface area contributed by atoms with E-state index in [-0.39, 0.29) is 4.90 Å². The third kappa shape index (κ3) is 2.74. The molecule has 6 heteroatoms. The van der Waals surface area contributed by atoms with Gasteiger partial charge in [-0.05, 0) is 36.4 Å². The van der Waals surface area contributed by atoms with E-state index in [1.807, 2.05) is 24.3 Å². The highest BCUT2D eigenvalue weighted by atomic mass is 32.2. The Kier molecular flexibility index (Phi) is 3.72. The average molecular weight is 326 g/mol. The first kappa shape index (κ1) is 15.0. The van der Waals surface area contributed by atoms with Gasteiger partial charge in [0.25, 0.3) is 0 Å². The maximum absolute atomic E-state index is 13.0. The van der Waals surface area contributed by atoms with Crippen molar-refractivity contribution in [1.82, 2.24) is 4.98 Å². The van der Waals surface area contributed by atoms with E-state index in [0.29, 0.717) is 5.56 Å². The number of hydrogen-bond donors (Lipinski definition) is 1. The van der Waals surface area contributed by atoms with Crippen molar-refractivity contribution in [3.8, 4) is 6.07 Å². The number of hydrogen-bond acceptors (Lipinski definition) is 3. The summed E-state index contributed by atoms with van der Waals surface area (Å²) in [6, 6.07) is 13.5. The van der Waals surface area contributed by atoms with Crippen molar-refractivity contribution in [2.75, 3.05) is 0 Å². The smallest absolute Gasteiger partial charge is 0.216 e. The fourth-order valence-electron chi connectivity index (χ4n) is 2.27. The average Bonchev–Trinajstić information content (AvgIpc) is 2.96. The molecule has 1 N–H and O–H groups in total. The molecule has 3 aromatic rings. The van der Waals surface area contributed by atoms with Crippen LogP contribution < -0.4 is 0 Å². The number of benzene rings is 2. The fourth-order valence-corrected chi connectivity index (χ4v) is 3.42. The van der Waals surface area contributed by atoms with Gasteiger partial charge in [-0.25, -0.2) is 12.8 Å². The summed E-state index contributed by atoms with van der Waals surface area (Å²) in [7, 11) is -3.99. The van der Waals surface area contributed by atoms with E-state index in [1.165, 1.54) is 6.08 Å². The van der Waals surface area contributed by atoms with Crippen LogP contribution in [0.2, 0.25) is 0 Å². The Balaban J connectivity index is 2.12. The van der Waals surface area contributed by atoms with Crippen LogP contribution in [0.1, 0.15) is 5.56 Å². The molecule has 23 heavy (non-hydrogen) atoms. The summed E-state index contributed by atoms with van der Waals surface area (Å²) in [5.41, 5.74) is 1.44. The van der Waals surface area contributed by atoms with Crippen molar-refractivity contribution in [1.29, 1.82) is 5.26 Å². The lowest BCUT2D eigenvalue weighted by atomic mass is 10.1. The Bertz CT molecular complexity index is 1040. The normalized spacial score (nSPS) is 12.3. The summed E-state index contributed by atoms with van der Waals surface area (Å²) in [5.74, 6) is -0.539. The molecule has 0 radical (unpaired) electrons. The second-order valence-electron chi connectivity index (χ2n) is 4.87. The van der Waals surface area contributed by atoms with Crippen LogP contribution in [0, 0.1) is 17.1 Å². The summed E-state index contributed by atoms with van der Waals surface area (Å²) in [4.78, 5) is 2.50. The third-order valence-corrected chi connectivity index (χ3v) is 5.11. The van der Waals surface area contributed by atoms with Gasteiger partial charge in [-0.1, -0.05) is 18.2 Å². The number of aromatic nitrogens is 1. The maximum atomic E-state index is 13.0. The van der Waals surface area contributed by atoms with E-state index < -0.39 is 20.6 Å². The lowest BCUT2D eigenvalue weighted by Gasteiger charge is -2.02. The van der Waals surface area contributed by atoms with Crippen molar-refractivity contribution in [2.24, 2.45) is 0 Å². The molecule has 0 amide bonds. The zero-order valence-electron chi connectivity index (χ0n) is 11.8. The van der Waals surface area contributed by atoms with Gasteiger partial charge >= 0.3 is 0 Å². The highest BCUT2D eigenvalue weighted by Gasteiger charge is 2.21. The first-order valence-electron chi connectivity index (χ1n) is 6.71. The summed E-state index contributed by atoms with van der Waals surface area (Å²) in [5, 5.41) is 10.1. The standard InChI is InChI=1S/C17H11FN2O2S/c18-13-5-7-14(8-6-13)23(21,22)15(10-19)9-12-11-20-17-4-2-1-3-16(12)17/h1-9,11,20H. The Labute approximate surface area is 132 Å². The number of H-pyrrole nitrogens is 1. The van der Waals surface area contributed by atoms with Gasteiger partial charge in [-0.3, -0.25) is 0 Å². The van der Waals surface area contributed by atoms with E-state index in [1.54, 1.807) is 12.3 Å². The molecule has 0 spiro atoms. The molecule has 4 nitrogen and oxygen atoms in total. The largest absolute Gasteiger partial charge is 0.361 e. The molecule has 3 rings (SSSR count). The molecule has 0 aliphatic rings. The summed E-state index contributed by atoms with van der Waals surface area (Å²) in [6.07, 6.45) is 2.96. The second-order valence-corrected chi connectivity index (χ2v) is 6.79. The van der Waals surface area contributed by atoms with Crippen molar-refractivity contribution in [3.05, 3.63) is 71.0 Å². The van der Waals surface area contributed by atoms with Crippen molar-refractivity contribution in [3.63, 3.8) is 0 Å². The minimum Gasteiger partial charge on any atom is -0.361 e. The molecule has 1 aromatic heterocycles. The van der Waals surface area contributed by atoms with Crippen molar-refractivity contribution >= 4 is 26.8 Å². The van der Waals surface area contributed by atoms with Gasteiger partial charge in [-0.2, -0.15) is 5.26 Å². The predicted octanol–water partition coefficient (Wildman–Crippen LogP) is 3.65. The number of rotatable bonds is 3. The van der Waals surface area contributed by atoms with Gasteiger partial charge in [0.1, 0.15) is 16.8 Å². The molecule has 1 heterocycles. The van der Waals surface area contributed by atoms with Gasteiger partial charge < -0.3 is 4.98 Å². The highest BCUT2D eigenvalue weighted by molar-refractivity contribution is 7.95. The van der Waals surface area contributed by atoms with Crippen LogP contribution >= 0.6 is 0 Å². The summed E-state index contributed by atoms with van der Waals surface area (Å²) in [6.45, 7) is 0. The number of allylic oxidation sites excluding steroid dienone is 1. The fraction of sp³-hybridized carbons (Fsp3) is 0. The van der Waals surface area contributed by atoms with Crippen LogP contribution in [-0.2, 0) is 9.84 Å². The number of nitriles is 1. The van der Waals surface area contributed by atoms with Crippen LogP contribution in [0.4, 0.5) is 4.39 Å². The van der Waals surface area contributed by atoms with E-state index in [9.17, 15) is 18.1 Å². The van der Waals surface area contributed by atoms with Crippen LogP contribution in [0.25, 0.3) is 17.0 Å². The molecular weight excluding hydrogens is 315 g/mol. The van der Waals surface area contributed by atoms with Crippen molar-refractivity contribution in [2.45, 2.75) is 4.90 Å². The predicted molar refractivity (Wildman–Crippen MR) is 85.5 cm³/mol. The third-order valence-electron chi connectivity index (χ3n) is 3.43. The van der Waals surface area contributed by atoms with Crippen LogP contribution in [0.3, 0.4) is 0 Å². The Morgan fingerprint density at radius 2 is 1.83 bits per heavy atom. The van der Waals surface area contributed by atoms with E-state index in [0.717, 1.165) is 35.2 Å². The molecular formula is C17H11FN2O2S. The number of aromatic amines is 1. The number of nitrogens with one attached hydrogen (secondary N) is 1. The summed E-state index contributed by atoms with van der Waals surface area (Å²) < 4.78 is 38.0. The molecule has 0 aliphatic carbocycles. The molecule has 0 aliphatic heterocycles. The number of halogens is 1. The first-order valence-corrected chi connectivity index (χ1v) is 8.19. The summed E-state index contributed by atoms with van der Waals surface area (Å²) >= 11 is 0. The van der Waals surface area contributed by atoms with E-state index in [2.05, 4.69) is 4.98 Å². The van der Waals surface area contributed by atoms with E-state index >= 15 is 0 Å². The lowest BCUT2D eigenvalue weighted by Crippen LogP contribution is -2.03. The molecule has 0 saturated carbocycles. The first-order chi connectivity index (χ1) is 11.0. The molecule has 0 bridgehead atoms. The van der Waals surface area contributed by atoms with Gasteiger partial charge in [0.05, 0.1) is 4.90 Å². The quantitative estimate of drug-likeness (QED) is 0.590. The van der Waals surface area contributed by atoms with Crippen LogP contribution in [0.5, 0.6) is 0 Å². The second kappa shape index (κ2) is 5.71. The van der Waals surface area contributed by atoms with Gasteiger partial charge in [0, 0.05) is 22.7 Å². The monoisotopic (exact) mass is 326 g/mol. The van der Waals surface area contributed by atoms with Gasteiger partial charge in [0.2, 0.25) is 9.84 Å². The molecule has 2 aromatic carbocycles. The molecule has 0 unspecified atom stereocenters. The highest BCUT2D eigenvalue weighted by Crippen LogP contribution is 2.25. The zero-order valence-corrected chi connectivity index (χ0v) is 12.6. The topological polar surface area (TPSA) is 73.7 Å². The van der Waals surface area contributed by atoms with Crippen molar-refractivity contribution < 1.29 is 12.8 Å². The lowest BCUT2D eigenvalue weighted by molar-refractivity contribution is 0.601. The Hall–Kier alpha value is -2.91. The SMILES string of the molecule is N#CC(=Cc1c[nH]c2ccccc12)S(=O)(=O)c1ccc(F)cc1. The molecule has 0 fully saturated rings. The van der Waals surface area contributed by atoms with Crippen LogP contribution in [-0.4, -0.2) is 13.4 Å².